The number of nitrogens with zero attached hydrogens (tertiary/aromatic N) is 4. The first-order valence-electron chi connectivity index (χ1n) is 9.72. The molecule has 0 spiro atoms. The second kappa shape index (κ2) is 8.84. The molecule has 7 heteroatoms. The average molecular weight is 407 g/mol. The molecule has 1 aromatic heterocycles. The number of hydrazone groups is 1. The first-order valence-corrected chi connectivity index (χ1v) is 9.72. The number of nitrogen functional groups attached to an aromatic ring is 2. The summed E-state index contributed by atoms with van der Waals surface area (Å²) in [5.41, 5.74) is 20.3. The minimum atomic E-state index is 0.349. The lowest BCUT2D eigenvalue weighted by molar-refractivity contribution is 0.896. The molecule has 152 valence electrons. The third kappa shape index (κ3) is 4.38. The van der Waals surface area contributed by atoms with E-state index in [4.69, 9.17) is 16.7 Å². The second-order valence-electron chi connectivity index (χ2n) is 6.90. The SMILES string of the molecule is N#Cc1ccc(/C(Cc2c(N)nn(-c3ccccc3)c2N)=N\Nc2ccccc2)cc1. The summed E-state index contributed by atoms with van der Waals surface area (Å²) in [6.45, 7) is 0. The number of nitrogens with one attached hydrogen (secondary N) is 1. The van der Waals surface area contributed by atoms with Crippen LogP contribution in [0, 0.1) is 11.3 Å². The molecule has 0 saturated carbocycles. The lowest BCUT2D eigenvalue weighted by Gasteiger charge is -2.09. The number of benzene rings is 3. The molecular weight excluding hydrogens is 386 g/mol. The Kier molecular flexibility index (Phi) is 5.63. The molecule has 0 bridgehead atoms. The number of hydrogen-bond donors (Lipinski definition) is 3. The van der Waals surface area contributed by atoms with Gasteiger partial charge in [-0.2, -0.15) is 10.4 Å². The van der Waals surface area contributed by atoms with Gasteiger partial charge in [0.25, 0.3) is 0 Å². The first kappa shape index (κ1) is 19.7. The van der Waals surface area contributed by atoms with Crippen molar-refractivity contribution in [2.24, 2.45) is 5.10 Å². The van der Waals surface area contributed by atoms with E-state index in [-0.39, 0.29) is 0 Å². The van der Waals surface area contributed by atoms with Crippen molar-refractivity contribution in [1.29, 1.82) is 5.26 Å². The maximum atomic E-state index is 9.10. The summed E-state index contributed by atoms with van der Waals surface area (Å²) in [4.78, 5) is 0. The molecule has 0 amide bonds. The average Bonchev–Trinajstić information content (AvgIpc) is 3.11. The molecule has 1 heterocycles. The molecular formula is C24H21N7. The van der Waals surface area contributed by atoms with Crippen molar-refractivity contribution in [2.75, 3.05) is 16.9 Å². The number of nitrogens with two attached hydrogens (primary N) is 2. The number of hydrogen-bond acceptors (Lipinski definition) is 6. The number of anilines is 3. The van der Waals surface area contributed by atoms with E-state index in [0.717, 1.165) is 22.6 Å². The molecule has 0 fully saturated rings. The van der Waals surface area contributed by atoms with Crippen molar-refractivity contribution < 1.29 is 0 Å². The number of nitriles is 1. The van der Waals surface area contributed by atoms with Crippen LogP contribution in [0.15, 0.2) is 90.0 Å². The van der Waals surface area contributed by atoms with E-state index in [1.165, 1.54) is 0 Å². The minimum Gasteiger partial charge on any atom is -0.383 e. The van der Waals surface area contributed by atoms with Gasteiger partial charge in [-0.1, -0.05) is 48.5 Å². The van der Waals surface area contributed by atoms with Gasteiger partial charge in [0.2, 0.25) is 0 Å². The Morgan fingerprint density at radius 3 is 2.23 bits per heavy atom. The smallest absolute Gasteiger partial charge is 0.151 e. The third-order valence-corrected chi connectivity index (χ3v) is 4.84. The summed E-state index contributed by atoms with van der Waals surface area (Å²) in [5.74, 6) is 0.812. The lowest BCUT2D eigenvalue weighted by atomic mass is 10.0. The molecule has 4 aromatic rings. The van der Waals surface area contributed by atoms with Crippen LogP contribution in [0.4, 0.5) is 17.3 Å². The van der Waals surface area contributed by atoms with Gasteiger partial charge >= 0.3 is 0 Å². The zero-order valence-corrected chi connectivity index (χ0v) is 16.7. The normalized spacial score (nSPS) is 11.1. The van der Waals surface area contributed by atoms with Crippen LogP contribution in [0.25, 0.3) is 5.69 Å². The number of para-hydroxylation sites is 2. The topological polar surface area (TPSA) is 118 Å². The zero-order valence-electron chi connectivity index (χ0n) is 16.7. The van der Waals surface area contributed by atoms with E-state index in [1.807, 2.05) is 72.8 Å². The standard InChI is InChI=1S/C24H21N7/c25-16-17-11-13-18(14-12-17)22(29-28-19-7-3-1-4-8-19)15-21-23(26)30-31(24(21)27)20-9-5-2-6-10-20/h1-14,28H,15,27H2,(H2,26,30)/b29-22-. The van der Waals surface area contributed by atoms with E-state index in [1.54, 1.807) is 16.8 Å². The van der Waals surface area contributed by atoms with Crippen LogP contribution in [0.1, 0.15) is 16.7 Å². The summed E-state index contributed by atoms with van der Waals surface area (Å²) in [7, 11) is 0. The van der Waals surface area contributed by atoms with Crippen molar-refractivity contribution in [1.82, 2.24) is 9.78 Å². The summed E-state index contributed by atoms with van der Waals surface area (Å²) < 4.78 is 1.63. The third-order valence-electron chi connectivity index (χ3n) is 4.84. The highest BCUT2D eigenvalue weighted by atomic mass is 15.3. The van der Waals surface area contributed by atoms with Gasteiger partial charge in [0, 0.05) is 12.0 Å². The second-order valence-corrected chi connectivity index (χ2v) is 6.90. The Morgan fingerprint density at radius 2 is 1.58 bits per heavy atom. The highest BCUT2D eigenvalue weighted by Gasteiger charge is 2.18. The Hall–Kier alpha value is -4.57. The van der Waals surface area contributed by atoms with Crippen LogP contribution in [0.5, 0.6) is 0 Å². The van der Waals surface area contributed by atoms with Crippen molar-refractivity contribution in [3.63, 3.8) is 0 Å². The maximum Gasteiger partial charge on any atom is 0.151 e. The van der Waals surface area contributed by atoms with E-state index < -0.39 is 0 Å². The Bertz CT molecular complexity index is 1240. The zero-order chi connectivity index (χ0) is 21.6. The van der Waals surface area contributed by atoms with Crippen LogP contribution in [-0.4, -0.2) is 15.5 Å². The van der Waals surface area contributed by atoms with Crippen LogP contribution in [0.3, 0.4) is 0 Å². The quantitative estimate of drug-likeness (QED) is 0.330. The van der Waals surface area contributed by atoms with Gasteiger partial charge < -0.3 is 11.5 Å². The van der Waals surface area contributed by atoms with Crippen LogP contribution in [0.2, 0.25) is 0 Å². The van der Waals surface area contributed by atoms with Gasteiger partial charge in [-0.15, -0.1) is 5.10 Å². The molecule has 0 saturated heterocycles. The van der Waals surface area contributed by atoms with E-state index in [9.17, 15) is 0 Å². The Labute approximate surface area is 180 Å². The molecule has 0 aliphatic carbocycles. The molecule has 0 aliphatic rings. The molecule has 0 unspecified atom stereocenters. The summed E-state index contributed by atoms with van der Waals surface area (Å²) in [6, 6.07) is 28.6. The van der Waals surface area contributed by atoms with Crippen molar-refractivity contribution >= 4 is 23.0 Å². The van der Waals surface area contributed by atoms with Crippen molar-refractivity contribution in [2.45, 2.75) is 6.42 Å². The highest BCUT2D eigenvalue weighted by molar-refractivity contribution is 6.03. The van der Waals surface area contributed by atoms with E-state index >= 15 is 0 Å². The summed E-state index contributed by atoms with van der Waals surface area (Å²) in [5, 5.41) is 18.1. The molecule has 0 aliphatic heterocycles. The predicted octanol–water partition coefficient (Wildman–Crippen LogP) is 3.97. The fourth-order valence-corrected chi connectivity index (χ4v) is 3.18. The van der Waals surface area contributed by atoms with Crippen LogP contribution in [-0.2, 0) is 6.42 Å². The van der Waals surface area contributed by atoms with Crippen molar-refractivity contribution in [3.8, 4) is 11.8 Å². The van der Waals surface area contributed by atoms with E-state index in [0.29, 0.717) is 29.2 Å². The van der Waals surface area contributed by atoms with Gasteiger partial charge in [-0.05, 0) is 42.0 Å². The predicted molar refractivity (Wildman–Crippen MR) is 124 cm³/mol. The van der Waals surface area contributed by atoms with E-state index in [2.05, 4.69) is 21.7 Å². The highest BCUT2D eigenvalue weighted by Crippen LogP contribution is 2.25. The maximum absolute atomic E-state index is 9.10. The molecule has 4 rings (SSSR count). The first-order chi connectivity index (χ1) is 15.2. The fourth-order valence-electron chi connectivity index (χ4n) is 3.18. The molecule has 0 radical (unpaired) electrons. The molecule has 3 aromatic carbocycles. The minimum absolute atomic E-state index is 0.349. The largest absolute Gasteiger partial charge is 0.383 e. The van der Waals surface area contributed by atoms with Gasteiger partial charge in [-0.3, -0.25) is 5.43 Å². The van der Waals surface area contributed by atoms with Crippen LogP contribution < -0.4 is 16.9 Å². The monoisotopic (exact) mass is 407 g/mol. The molecule has 0 atom stereocenters. The summed E-state index contributed by atoms with van der Waals surface area (Å²) >= 11 is 0. The van der Waals surface area contributed by atoms with Crippen molar-refractivity contribution in [3.05, 3.63) is 102 Å². The molecule has 31 heavy (non-hydrogen) atoms. The fraction of sp³-hybridized carbons (Fsp3) is 0.0417. The van der Waals surface area contributed by atoms with Gasteiger partial charge in [0.15, 0.2) is 5.82 Å². The Morgan fingerprint density at radius 1 is 0.935 bits per heavy atom. The van der Waals surface area contributed by atoms with Crippen LogP contribution >= 0.6 is 0 Å². The number of aromatic nitrogens is 2. The van der Waals surface area contributed by atoms with Gasteiger partial charge in [0.1, 0.15) is 5.82 Å². The lowest BCUT2D eigenvalue weighted by Crippen LogP contribution is -2.11. The molecule has 7 nitrogen and oxygen atoms in total. The molecule has 5 N–H and O–H groups in total. The van der Waals surface area contributed by atoms with Gasteiger partial charge in [-0.25, -0.2) is 4.68 Å². The van der Waals surface area contributed by atoms with Gasteiger partial charge in [0.05, 0.1) is 28.7 Å². The Balaban J connectivity index is 1.71. The number of rotatable bonds is 6. The summed E-state index contributed by atoms with van der Waals surface area (Å²) in [6.07, 6.45) is 0.371.